The Morgan fingerprint density at radius 2 is 2.38 bits per heavy atom. The minimum Gasteiger partial charge on any atom is -0.326 e. The Balaban J connectivity index is 2.08. The first kappa shape index (κ1) is 11.8. The first-order valence-corrected chi connectivity index (χ1v) is 6.93. The van der Waals surface area contributed by atoms with Crippen LogP contribution < -0.4 is 5.32 Å². The molecule has 0 radical (unpaired) electrons. The molecule has 0 spiro atoms. The van der Waals surface area contributed by atoms with E-state index < -0.39 is 0 Å². The van der Waals surface area contributed by atoms with Crippen LogP contribution in [0.2, 0.25) is 0 Å². The molecular formula is C12H14ClNOS. The van der Waals surface area contributed by atoms with E-state index in [1.54, 1.807) is 0 Å². The average molecular weight is 256 g/mol. The summed E-state index contributed by atoms with van der Waals surface area (Å²) in [6.07, 6.45) is 2.70. The lowest BCUT2D eigenvalue weighted by Crippen LogP contribution is -2.12. The van der Waals surface area contributed by atoms with E-state index in [-0.39, 0.29) is 5.91 Å². The van der Waals surface area contributed by atoms with Gasteiger partial charge in [-0.2, -0.15) is 0 Å². The molecule has 1 aromatic carbocycles. The number of fused-ring (bicyclic) bond motifs is 1. The molecule has 1 amide bonds. The molecule has 16 heavy (non-hydrogen) atoms. The van der Waals surface area contributed by atoms with Crippen LogP contribution in [-0.4, -0.2) is 17.5 Å². The number of alkyl halides is 1. The molecule has 0 saturated heterocycles. The van der Waals surface area contributed by atoms with Crippen molar-refractivity contribution in [2.75, 3.05) is 16.9 Å². The van der Waals surface area contributed by atoms with E-state index >= 15 is 0 Å². The molecule has 0 bridgehead atoms. The highest BCUT2D eigenvalue weighted by Gasteiger charge is 2.10. The summed E-state index contributed by atoms with van der Waals surface area (Å²) in [6.45, 7) is 0. The van der Waals surface area contributed by atoms with Gasteiger partial charge in [-0.3, -0.25) is 4.79 Å². The van der Waals surface area contributed by atoms with Gasteiger partial charge >= 0.3 is 0 Å². The van der Waals surface area contributed by atoms with Gasteiger partial charge in [0.25, 0.3) is 0 Å². The number of nitrogens with one attached hydrogen (secondary N) is 1. The number of carbonyl (C=O) groups excluding carboxylic acids is 1. The van der Waals surface area contributed by atoms with Gasteiger partial charge in [-0.1, -0.05) is 0 Å². The average Bonchev–Trinajstić information content (AvgIpc) is 2.29. The third-order valence-electron chi connectivity index (χ3n) is 2.51. The van der Waals surface area contributed by atoms with Gasteiger partial charge in [-0.25, -0.2) is 0 Å². The highest BCUT2D eigenvalue weighted by molar-refractivity contribution is 7.99. The number of thioether (sulfide) groups is 1. The van der Waals surface area contributed by atoms with E-state index in [1.165, 1.54) is 22.6 Å². The number of benzene rings is 1. The van der Waals surface area contributed by atoms with Crippen LogP contribution in [0.4, 0.5) is 5.69 Å². The summed E-state index contributed by atoms with van der Waals surface area (Å²) in [5.74, 6) is 1.55. The molecule has 1 aliphatic rings. The topological polar surface area (TPSA) is 29.1 Å². The summed E-state index contributed by atoms with van der Waals surface area (Å²) in [5, 5.41) is 2.86. The number of hydrogen-bond donors (Lipinski definition) is 1. The minimum atomic E-state index is -0.0154. The van der Waals surface area contributed by atoms with Crippen molar-refractivity contribution in [3.63, 3.8) is 0 Å². The summed E-state index contributed by atoms with van der Waals surface area (Å²) < 4.78 is 0. The first-order valence-electron chi connectivity index (χ1n) is 5.41. The molecule has 1 aliphatic heterocycles. The smallest absolute Gasteiger partial charge is 0.225 e. The summed E-state index contributed by atoms with van der Waals surface area (Å²) in [6, 6.07) is 6.13. The minimum absolute atomic E-state index is 0.0154. The van der Waals surface area contributed by atoms with Crippen molar-refractivity contribution in [1.29, 1.82) is 0 Å². The van der Waals surface area contributed by atoms with Crippen molar-refractivity contribution in [3.05, 3.63) is 23.8 Å². The van der Waals surface area contributed by atoms with Crippen LogP contribution in [0.5, 0.6) is 0 Å². The van der Waals surface area contributed by atoms with E-state index in [0.717, 1.165) is 12.1 Å². The van der Waals surface area contributed by atoms with Gasteiger partial charge in [0.05, 0.1) is 0 Å². The molecule has 1 heterocycles. The van der Waals surface area contributed by atoms with Crippen LogP contribution in [0, 0.1) is 0 Å². The van der Waals surface area contributed by atoms with E-state index in [0.29, 0.717) is 12.3 Å². The Hall–Kier alpha value is -0.670. The van der Waals surface area contributed by atoms with Gasteiger partial charge < -0.3 is 5.32 Å². The zero-order chi connectivity index (χ0) is 11.4. The van der Waals surface area contributed by atoms with E-state index in [2.05, 4.69) is 17.4 Å². The fourth-order valence-corrected chi connectivity index (χ4v) is 2.94. The van der Waals surface area contributed by atoms with Gasteiger partial charge in [0.1, 0.15) is 0 Å². The van der Waals surface area contributed by atoms with Crippen LogP contribution in [0.25, 0.3) is 0 Å². The van der Waals surface area contributed by atoms with Crippen molar-refractivity contribution in [1.82, 2.24) is 0 Å². The lowest BCUT2D eigenvalue weighted by molar-refractivity contribution is -0.115. The zero-order valence-electron chi connectivity index (χ0n) is 8.96. The lowest BCUT2D eigenvalue weighted by atomic mass is 10.1. The predicted molar refractivity (Wildman–Crippen MR) is 69.5 cm³/mol. The van der Waals surface area contributed by atoms with Gasteiger partial charge in [-0.05, 0) is 42.4 Å². The van der Waals surface area contributed by atoms with Crippen LogP contribution in [0.15, 0.2) is 23.1 Å². The fraction of sp³-hybridized carbons (Fsp3) is 0.417. The second-order valence-electron chi connectivity index (χ2n) is 3.76. The Bertz CT molecular complexity index is 395. The maximum Gasteiger partial charge on any atom is 0.225 e. The van der Waals surface area contributed by atoms with Gasteiger partial charge in [0, 0.05) is 22.9 Å². The normalized spacial score (nSPS) is 14.3. The van der Waals surface area contributed by atoms with Crippen molar-refractivity contribution in [2.45, 2.75) is 24.2 Å². The van der Waals surface area contributed by atoms with Crippen LogP contribution >= 0.6 is 23.4 Å². The van der Waals surface area contributed by atoms with E-state index in [4.69, 9.17) is 11.6 Å². The quantitative estimate of drug-likeness (QED) is 0.840. The molecule has 0 aliphatic carbocycles. The number of hydrogen-bond acceptors (Lipinski definition) is 2. The van der Waals surface area contributed by atoms with Crippen LogP contribution in [-0.2, 0) is 11.2 Å². The van der Waals surface area contributed by atoms with Crippen LogP contribution in [0.1, 0.15) is 18.4 Å². The molecule has 0 fully saturated rings. The van der Waals surface area contributed by atoms with E-state index in [1.807, 2.05) is 17.8 Å². The maximum atomic E-state index is 11.4. The monoisotopic (exact) mass is 255 g/mol. The Morgan fingerprint density at radius 1 is 1.50 bits per heavy atom. The Kier molecular flexibility index (Phi) is 4.13. The predicted octanol–water partition coefficient (Wildman–Crippen LogP) is 3.29. The molecule has 86 valence electrons. The largest absolute Gasteiger partial charge is 0.326 e. The molecular weight excluding hydrogens is 242 g/mol. The van der Waals surface area contributed by atoms with Crippen molar-refractivity contribution >= 4 is 35.0 Å². The number of aryl methyl sites for hydroxylation is 1. The van der Waals surface area contributed by atoms with Crippen molar-refractivity contribution in [2.24, 2.45) is 0 Å². The third-order valence-corrected chi connectivity index (χ3v) is 3.90. The highest BCUT2D eigenvalue weighted by Crippen LogP contribution is 2.31. The third kappa shape index (κ3) is 2.92. The zero-order valence-corrected chi connectivity index (χ0v) is 10.5. The standard InChI is InChI=1S/C12H14ClNOS/c13-6-5-12(15)14-10-3-4-11-9(8-10)2-1-7-16-11/h3-4,8H,1-2,5-7H2,(H,14,15). The summed E-state index contributed by atoms with van der Waals surface area (Å²) in [5.41, 5.74) is 2.23. The first-order chi connectivity index (χ1) is 7.79. The van der Waals surface area contributed by atoms with Gasteiger partial charge in [0.2, 0.25) is 5.91 Å². The van der Waals surface area contributed by atoms with Gasteiger partial charge in [0.15, 0.2) is 0 Å². The molecule has 1 aromatic rings. The Morgan fingerprint density at radius 3 is 3.19 bits per heavy atom. The molecule has 0 aromatic heterocycles. The molecule has 1 N–H and O–H groups in total. The summed E-state index contributed by atoms with van der Waals surface area (Å²) in [4.78, 5) is 12.7. The number of anilines is 1. The molecule has 2 nitrogen and oxygen atoms in total. The second-order valence-corrected chi connectivity index (χ2v) is 5.28. The molecule has 2 rings (SSSR count). The molecule has 0 atom stereocenters. The Labute approximate surface area is 105 Å². The van der Waals surface area contributed by atoms with Crippen molar-refractivity contribution in [3.8, 4) is 0 Å². The van der Waals surface area contributed by atoms with Crippen molar-refractivity contribution < 1.29 is 4.79 Å². The SMILES string of the molecule is O=C(CCCl)Nc1ccc2c(c1)CCCS2. The van der Waals surface area contributed by atoms with Gasteiger partial charge in [-0.15, -0.1) is 23.4 Å². The van der Waals surface area contributed by atoms with Crippen LogP contribution in [0.3, 0.4) is 0 Å². The van der Waals surface area contributed by atoms with E-state index in [9.17, 15) is 4.79 Å². The number of amides is 1. The number of halogens is 1. The summed E-state index contributed by atoms with van der Waals surface area (Å²) >= 11 is 7.41. The highest BCUT2D eigenvalue weighted by atomic mass is 35.5. The summed E-state index contributed by atoms with van der Waals surface area (Å²) in [7, 11) is 0. The number of carbonyl (C=O) groups is 1. The fourth-order valence-electron chi connectivity index (χ4n) is 1.75. The molecule has 4 heteroatoms. The molecule has 0 saturated carbocycles. The maximum absolute atomic E-state index is 11.4. The number of rotatable bonds is 3. The second kappa shape index (κ2) is 5.60. The molecule has 0 unspecified atom stereocenters. The lowest BCUT2D eigenvalue weighted by Gasteiger charge is -2.16.